The van der Waals surface area contributed by atoms with Crippen molar-refractivity contribution in [1.29, 1.82) is 0 Å². The number of pyridine rings is 1. The Labute approximate surface area is 107 Å². The number of carbonyl (C=O) groups is 1. The number of rotatable bonds is 0. The van der Waals surface area contributed by atoms with E-state index in [-0.39, 0.29) is 5.78 Å². The Morgan fingerprint density at radius 2 is 2.18 bits per heavy atom. The van der Waals surface area contributed by atoms with Crippen LogP contribution in [0.25, 0.3) is 10.9 Å². The average molecular weight is 265 g/mol. The monoisotopic (exact) mass is 264 g/mol. The summed E-state index contributed by atoms with van der Waals surface area (Å²) in [4.78, 5) is 16.3. The molecule has 1 aliphatic rings. The third-order valence-corrected chi connectivity index (χ3v) is 3.99. The minimum Gasteiger partial charge on any atom is -0.398 e. The lowest BCUT2D eigenvalue weighted by molar-refractivity contribution is 0.102. The lowest BCUT2D eigenvalue weighted by atomic mass is 10.0. The fourth-order valence-electron chi connectivity index (χ4n) is 2.04. The Kier molecular flexibility index (Phi) is 2.49. The number of hydrogen-bond donors (Lipinski definition) is 1. The van der Waals surface area contributed by atoms with Crippen molar-refractivity contribution in [3.8, 4) is 0 Å². The molecule has 2 N–H and O–H groups in total. The van der Waals surface area contributed by atoms with Crippen LogP contribution in [0, 0.1) is 0 Å². The maximum absolute atomic E-state index is 11.9. The first-order chi connectivity index (χ1) is 8.16. The number of fused-ring (bicyclic) bond motifs is 2. The highest BCUT2D eigenvalue weighted by atomic mass is 35.5. The number of ketones is 1. The fraction of sp³-hybridized carbons (Fsp3) is 0.167. The van der Waals surface area contributed by atoms with Crippen LogP contribution in [-0.2, 0) is 5.75 Å². The van der Waals surface area contributed by atoms with Crippen LogP contribution >= 0.6 is 23.4 Å². The van der Waals surface area contributed by atoms with Crippen molar-refractivity contribution in [2.24, 2.45) is 0 Å². The molecule has 0 fully saturated rings. The van der Waals surface area contributed by atoms with Gasteiger partial charge in [-0.3, -0.25) is 9.78 Å². The second-order valence-corrected chi connectivity index (χ2v) is 5.35. The van der Waals surface area contributed by atoms with Crippen molar-refractivity contribution in [1.82, 2.24) is 4.98 Å². The van der Waals surface area contributed by atoms with Crippen molar-refractivity contribution in [3.63, 3.8) is 0 Å². The van der Waals surface area contributed by atoms with Crippen LogP contribution in [0.4, 0.5) is 5.69 Å². The number of benzene rings is 1. The van der Waals surface area contributed by atoms with E-state index >= 15 is 0 Å². The van der Waals surface area contributed by atoms with E-state index in [1.165, 1.54) is 0 Å². The topological polar surface area (TPSA) is 56.0 Å². The van der Waals surface area contributed by atoms with Gasteiger partial charge in [-0.2, -0.15) is 0 Å². The Morgan fingerprint density at radius 3 is 3.00 bits per heavy atom. The first kappa shape index (κ1) is 10.9. The largest absolute Gasteiger partial charge is 0.398 e. The van der Waals surface area contributed by atoms with Crippen LogP contribution in [0.5, 0.6) is 0 Å². The molecule has 0 spiro atoms. The summed E-state index contributed by atoms with van der Waals surface area (Å²) >= 11 is 7.51. The van der Waals surface area contributed by atoms with Gasteiger partial charge in [0.25, 0.3) is 0 Å². The molecule has 1 aromatic heterocycles. The van der Waals surface area contributed by atoms with Crippen molar-refractivity contribution in [2.45, 2.75) is 5.75 Å². The number of carbonyl (C=O) groups excluding carboxylic acids is 1. The summed E-state index contributed by atoms with van der Waals surface area (Å²) in [6.45, 7) is 0. The van der Waals surface area contributed by atoms with Gasteiger partial charge in [-0.25, -0.2) is 0 Å². The third kappa shape index (κ3) is 1.68. The zero-order chi connectivity index (χ0) is 12.0. The van der Waals surface area contributed by atoms with Gasteiger partial charge < -0.3 is 5.73 Å². The lowest BCUT2D eigenvalue weighted by Crippen LogP contribution is -2.16. The second-order valence-electron chi connectivity index (χ2n) is 3.92. The molecule has 17 heavy (non-hydrogen) atoms. The van der Waals surface area contributed by atoms with E-state index in [4.69, 9.17) is 17.3 Å². The van der Waals surface area contributed by atoms with Gasteiger partial charge >= 0.3 is 0 Å². The first-order valence-electron chi connectivity index (χ1n) is 5.15. The molecule has 3 nitrogen and oxygen atoms in total. The van der Waals surface area contributed by atoms with Gasteiger partial charge in [0.05, 0.1) is 28.2 Å². The van der Waals surface area contributed by atoms with Crippen molar-refractivity contribution < 1.29 is 4.79 Å². The number of nitrogens with zero attached hydrogens (tertiary/aromatic N) is 1. The summed E-state index contributed by atoms with van der Waals surface area (Å²) in [6, 6.07) is 5.37. The minimum absolute atomic E-state index is 0.0584. The van der Waals surface area contributed by atoms with Crippen LogP contribution in [-0.4, -0.2) is 16.5 Å². The summed E-state index contributed by atoms with van der Waals surface area (Å²) in [5.74, 6) is 1.28. The molecule has 5 heteroatoms. The molecule has 3 rings (SSSR count). The van der Waals surface area contributed by atoms with E-state index in [1.54, 1.807) is 23.9 Å². The quantitative estimate of drug-likeness (QED) is 0.795. The molecule has 2 aromatic rings. The predicted molar refractivity (Wildman–Crippen MR) is 71.7 cm³/mol. The Hall–Kier alpha value is -1.26. The zero-order valence-electron chi connectivity index (χ0n) is 8.87. The Morgan fingerprint density at radius 1 is 1.35 bits per heavy atom. The molecule has 1 aliphatic heterocycles. The molecule has 2 heterocycles. The zero-order valence-corrected chi connectivity index (χ0v) is 10.4. The normalized spacial score (nSPS) is 15.0. The van der Waals surface area contributed by atoms with E-state index in [9.17, 15) is 4.79 Å². The highest BCUT2D eigenvalue weighted by Crippen LogP contribution is 2.33. The second kappa shape index (κ2) is 3.89. The number of thioether (sulfide) groups is 1. The van der Waals surface area contributed by atoms with Gasteiger partial charge in [-0.15, -0.1) is 11.8 Å². The van der Waals surface area contributed by atoms with Gasteiger partial charge in [-0.05, 0) is 18.2 Å². The fourth-order valence-corrected chi connectivity index (χ4v) is 3.05. The molecule has 0 amide bonds. The number of anilines is 1. The number of nitrogen functional groups attached to an aromatic ring is 1. The van der Waals surface area contributed by atoms with E-state index in [0.717, 1.165) is 22.3 Å². The SMILES string of the molecule is Nc1c2c(nc3ccc(Cl)cc13)CSCC2=O. The van der Waals surface area contributed by atoms with Gasteiger partial charge in [0.1, 0.15) is 0 Å². The molecule has 1 aromatic carbocycles. The van der Waals surface area contributed by atoms with Crippen molar-refractivity contribution >= 4 is 45.7 Å². The average Bonchev–Trinajstić information content (AvgIpc) is 2.30. The maximum atomic E-state index is 11.9. The Balaban J connectivity index is 2.40. The molecule has 0 atom stereocenters. The highest BCUT2D eigenvalue weighted by Gasteiger charge is 2.23. The maximum Gasteiger partial charge on any atom is 0.176 e. The summed E-state index contributed by atoms with van der Waals surface area (Å²) in [7, 11) is 0. The van der Waals surface area contributed by atoms with Gasteiger partial charge in [0.15, 0.2) is 5.78 Å². The smallest absolute Gasteiger partial charge is 0.176 e. The third-order valence-electron chi connectivity index (χ3n) is 2.81. The number of nitrogens with two attached hydrogens (primary N) is 1. The number of halogens is 1. The molecule has 0 saturated carbocycles. The van der Waals surface area contributed by atoms with Crippen LogP contribution in [0.15, 0.2) is 18.2 Å². The molecule has 86 valence electrons. The predicted octanol–water partition coefficient (Wildman–Crippen LogP) is 2.90. The molecule has 0 radical (unpaired) electrons. The minimum atomic E-state index is 0.0584. The first-order valence-corrected chi connectivity index (χ1v) is 6.68. The molecular formula is C12H9ClN2OS. The van der Waals surface area contributed by atoms with E-state index < -0.39 is 0 Å². The Bertz CT molecular complexity index is 642. The highest BCUT2D eigenvalue weighted by molar-refractivity contribution is 7.99. The van der Waals surface area contributed by atoms with E-state index in [2.05, 4.69) is 4.98 Å². The van der Waals surface area contributed by atoms with Crippen LogP contribution in [0.2, 0.25) is 5.02 Å². The van der Waals surface area contributed by atoms with E-state index in [0.29, 0.717) is 22.0 Å². The van der Waals surface area contributed by atoms with Crippen LogP contribution in [0.3, 0.4) is 0 Å². The summed E-state index contributed by atoms with van der Waals surface area (Å²) in [6.07, 6.45) is 0. The van der Waals surface area contributed by atoms with Gasteiger partial charge in [0, 0.05) is 16.2 Å². The number of Topliss-reactive ketones (excluding diaryl/α,β-unsaturated/α-hetero) is 1. The van der Waals surface area contributed by atoms with Crippen LogP contribution in [0.1, 0.15) is 16.1 Å². The van der Waals surface area contributed by atoms with E-state index in [1.807, 2.05) is 6.07 Å². The summed E-state index contributed by atoms with van der Waals surface area (Å²) < 4.78 is 0. The number of hydrogen-bond acceptors (Lipinski definition) is 4. The van der Waals surface area contributed by atoms with Crippen molar-refractivity contribution in [2.75, 3.05) is 11.5 Å². The number of aromatic nitrogens is 1. The van der Waals surface area contributed by atoms with Gasteiger partial charge in [0.2, 0.25) is 0 Å². The van der Waals surface area contributed by atoms with Crippen molar-refractivity contribution in [3.05, 3.63) is 34.5 Å². The van der Waals surface area contributed by atoms with Gasteiger partial charge in [-0.1, -0.05) is 11.6 Å². The lowest BCUT2D eigenvalue weighted by Gasteiger charge is -2.17. The van der Waals surface area contributed by atoms with Crippen LogP contribution < -0.4 is 5.73 Å². The summed E-state index contributed by atoms with van der Waals surface area (Å²) in [5, 5.41) is 1.36. The molecule has 0 aliphatic carbocycles. The molecule has 0 bridgehead atoms. The summed E-state index contributed by atoms with van der Waals surface area (Å²) in [5.41, 5.74) is 8.75. The standard InChI is InChI=1S/C12H9ClN2OS/c13-6-1-2-8-7(3-6)12(14)11-9(15-8)4-17-5-10(11)16/h1-3H,4-5H2,(H2,14,15). The molecule has 0 saturated heterocycles. The molecule has 0 unspecified atom stereocenters. The molecular weight excluding hydrogens is 256 g/mol.